The molecule has 0 saturated carbocycles. The number of nitrogens with one attached hydrogen (secondary N) is 1. The molecule has 0 aliphatic carbocycles. The van der Waals surface area contributed by atoms with E-state index in [1.807, 2.05) is 6.20 Å². The molecular weight excluding hydrogens is 290 g/mol. The van der Waals surface area contributed by atoms with Crippen LogP contribution in [0.1, 0.15) is 24.3 Å². The second kappa shape index (κ2) is 4.93. The molecule has 0 atom stereocenters. The number of rotatable bonds is 3. The third kappa shape index (κ3) is 2.50. The van der Waals surface area contributed by atoms with E-state index in [0.717, 1.165) is 23.7 Å². The molecule has 1 aliphatic heterocycles. The van der Waals surface area contributed by atoms with Gasteiger partial charge in [0.1, 0.15) is 0 Å². The minimum atomic E-state index is 0.204. The second-order valence-corrected chi connectivity index (χ2v) is 7.60. The fourth-order valence-corrected chi connectivity index (χ4v) is 3.76. The molecule has 0 fully saturated rings. The van der Waals surface area contributed by atoms with Gasteiger partial charge >= 0.3 is 0 Å². The zero-order chi connectivity index (χ0) is 14.3. The van der Waals surface area contributed by atoms with Crippen molar-refractivity contribution in [3.8, 4) is 0 Å². The van der Waals surface area contributed by atoms with Gasteiger partial charge in [0.25, 0.3) is 0 Å². The molecule has 0 spiro atoms. The van der Waals surface area contributed by atoms with Crippen LogP contribution in [0, 0.1) is 0 Å². The van der Waals surface area contributed by atoms with Gasteiger partial charge in [-0.1, -0.05) is 25.4 Å². The number of anilines is 2. The number of aromatic nitrogens is 1. The van der Waals surface area contributed by atoms with Crippen LogP contribution in [-0.2, 0) is 12.0 Å². The van der Waals surface area contributed by atoms with Crippen LogP contribution in [-0.4, -0.2) is 18.6 Å². The quantitative estimate of drug-likeness (QED) is 0.924. The zero-order valence-electron chi connectivity index (χ0n) is 11.9. The molecule has 0 amide bonds. The average molecular weight is 308 g/mol. The lowest BCUT2D eigenvalue weighted by Gasteiger charge is -2.19. The van der Waals surface area contributed by atoms with Gasteiger partial charge in [-0.25, -0.2) is 4.98 Å². The second-order valence-electron chi connectivity index (χ2n) is 5.90. The normalized spacial score (nSPS) is 16.3. The third-order valence-corrected chi connectivity index (χ3v) is 4.88. The number of likely N-dealkylation sites (N-methyl/N-ethyl adjacent to an activating group) is 1. The topological polar surface area (TPSA) is 28.2 Å². The molecule has 2 aromatic rings. The summed E-state index contributed by atoms with van der Waals surface area (Å²) in [6.07, 6.45) is 1.82. The largest absolute Gasteiger partial charge is 0.380 e. The van der Waals surface area contributed by atoms with Crippen molar-refractivity contribution in [1.82, 2.24) is 4.98 Å². The van der Waals surface area contributed by atoms with Gasteiger partial charge in [-0.15, -0.1) is 11.3 Å². The van der Waals surface area contributed by atoms with Gasteiger partial charge in [0.2, 0.25) is 0 Å². The molecule has 1 aromatic carbocycles. The molecule has 0 saturated heterocycles. The monoisotopic (exact) mass is 307 g/mol. The van der Waals surface area contributed by atoms with E-state index in [1.54, 1.807) is 0 Å². The predicted molar refractivity (Wildman–Crippen MR) is 87.2 cm³/mol. The maximum atomic E-state index is 5.85. The molecular formula is C15H18ClN3S. The molecule has 3 rings (SSSR count). The number of nitrogens with zero attached hydrogens (tertiary/aromatic N) is 2. The molecule has 0 unspecified atom stereocenters. The van der Waals surface area contributed by atoms with Crippen LogP contribution in [0.5, 0.6) is 0 Å². The van der Waals surface area contributed by atoms with Crippen molar-refractivity contribution in [3.63, 3.8) is 0 Å². The smallest absolute Gasteiger partial charge is 0.183 e. The van der Waals surface area contributed by atoms with Crippen LogP contribution in [0.4, 0.5) is 11.4 Å². The number of halogens is 1. The first-order valence-corrected chi connectivity index (χ1v) is 7.85. The summed E-state index contributed by atoms with van der Waals surface area (Å²) in [4.78, 5) is 7.52. The lowest BCUT2D eigenvalue weighted by atomic mass is 9.87. The maximum Gasteiger partial charge on any atom is 0.183 e. The maximum absolute atomic E-state index is 5.85. The van der Waals surface area contributed by atoms with Crippen molar-refractivity contribution in [1.29, 1.82) is 0 Å². The summed E-state index contributed by atoms with van der Waals surface area (Å²) in [6, 6.07) is 6.60. The van der Waals surface area contributed by atoms with Gasteiger partial charge in [0.15, 0.2) is 4.47 Å². The van der Waals surface area contributed by atoms with Gasteiger partial charge in [-0.05, 0) is 23.8 Å². The van der Waals surface area contributed by atoms with Crippen molar-refractivity contribution in [2.45, 2.75) is 25.8 Å². The molecule has 1 aromatic heterocycles. The van der Waals surface area contributed by atoms with Crippen LogP contribution in [0.25, 0.3) is 0 Å². The number of benzene rings is 1. The summed E-state index contributed by atoms with van der Waals surface area (Å²) in [5.74, 6) is 0. The number of hydrogen-bond donors (Lipinski definition) is 1. The van der Waals surface area contributed by atoms with E-state index >= 15 is 0 Å². The number of fused-ring (bicyclic) bond motifs is 1. The highest BCUT2D eigenvalue weighted by Gasteiger charge is 2.33. The van der Waals surface area contributed by atoms with Crippen LogP contribution >= 0.6 is 22.9 Å². The van der Waals surface area contributed by atoms with Crippen LogP contribution in [0.2, 0.25) is 4.47 Å². The summed E-state index contributed by atoms with van der Waals surface area (Å²) in [7, 11) is 2.15. The minimum Gasteiger partial charge on any atom is -0.380 e. The van der Waals surface area contributed by atoms with Crippen LogP contribution in [0.15, 0.2) is 24.4 Å². The van der Waals surface area contributed by atoms with Gasteiger partial charge in [-0.3, -0.25) is 0 Å². The first-order chi connectivity index (χ1) is 9.45. The highest BCUT2D eigenvalue weighted by atomic mass is 35.5. The Morgan fingerprint density at radius 2 is 2.25 bits per heavy atom. The average Bonchev–Trinajstić information content (AvgIpc) is 2.90. The molecule has 1 N–H and O–H groups in total. The Hall–Kier alpha value is -1.26. The van der Waals surface area contributed by atoms with Crippen molar-refractivity contribution in [2.75, 3.05) is 23.8 Å². The Morgan fingerprint density at radius 3 is 2.95 bits per heavy atom. The third-order valence-electron chi connectivity index (χ3n) is 3.76. The molecule has 0 radical (unpaired) electrons. The molecule has 0 bridgehead atoms. The molecule has 106 valence electrons. The highest BCUT2D eigenvalue weighted by Crippen LogP contribution is 2.40. The summed E-state index contributed by atoms with van der Waals surface area (Å²) >= 11 is 7.36. The molecule has 3 nitrogen and oxygen atoms in total. The van der Waals surface area contributed by atoms with E-state index in [-0.39, 0.29) is 5.41 Å². The fourth-order valence-electron chi connectivity index (χ4n) is 2.84. The minimum absolute atomic E-state index is 0.204. The van der Waals surface area contributed by atoms with Crippen molar-refractivity contribution in [2.24, 2.45) is 0 Å². The lowest BCUT2D eigenvalue weighted by Crippen LogP contribution is -2.24. The molecule has 1 aliphatic rings. The first kappa shape index (κ1) is 13.7. The SMILES string of the molecule is CN1CC(C)(C)c2cc(NCc3cnc(Cl)s3)ccc21. The van der Waals surface area contributed by atoms with Crippen LogP contribution in [0.3, 0.4) is 0 Å². The van der Waals surface area contributed by atoms with Gasteiger partial charge in [0.05, 0.1) is 6.54 Å². The van der Waals surface area contributed by atoms with E-state index in [0.29, 0.717) is 4.47 Å². The summed E-state index contributed by atoms with van der Waals surface area (Å²) in [5, 5.41) is 3.45. The van der Waals surface area contributed by atoms with Gasteiger partial charge in [0, 0.05) is 41.5 Å². The van der Waals surface area contributed by atoms with E-state index in [9.17, 15) is 0 Å². The first-order valence-electron chi connectivity index (χ1n) is 6.65. The fraction of sp³-hybridized carbons (Fsp3) is 0.400. The standard InChI is InChI=1S/C15H18ClN3S/c1-15(2)9-19(3)13-5-4-10(6-12(13)15)17-7-11-8-18-14(16)20-11/h4-6,8,17H,7,9H2,1-3H3. The number of thiazole rings is 1. The Labute approximate surface area is 128 Å². The molecule has 2 heterocycles. The Kier molecular flexibility index (Phi) is 3.38. The summed E-state index contributed by atoms with van der Waals surface area (Å²) < 4.78 is 0.596. The van der Waals surface area contributed by atoms with E-state index < -0.39 is 0 Å². The molecule has 5 heteroatoms. The van der Waals surface area contributed by atoms with E-state index in [1.165, 1.54) is 22.6 Å². The van der Waals surface area contributed by atoms with Crippen molar-refractivity contribution in [3.05, 3.63) is 39.3 Å². The Bertz CT molecular complexity index is 636. The summed E-state index contributed by atoms with van der Waals surface area (Å²) in [6.45, 7) is 6.42. The van der Waals surface area contributed by atoms with Gasteiger partial charge in [-0.2, -0.15) is 0 Å². The summed E-state index contributed by atoms with van der Waals surface area (Å²) in [5.41, 5.74) is 4.10. The zero-order valence-corrected chi connectivity index (χ0v) is 13.5. The Balaban J connectivity index is 1.79. The predicted octanol–water partition coefficient (Wildman–Crippen LogP) is 4.14. The van der Waals surface area contributed by atoms with Crippen LogP contribution < -0.4 is 10.2 Å². The molecule has 20 heavy (non-hydrogen) atoms. The van der Waals surface area contributed by atoms with Crippen molar-refractivity contribution >= 4 is 34.3 Å². The number of hydrogen-bond acceptors (Lipinski definition) is 4. The van der Waals surface area contributed by atoms with E-state index in [2.05, 4.69) is 54.3 Å². The lowest BCUT2D eigenvalue weighted by molar-refractivity contribution is 0.563. The van der Waals surface area contributed by atoms with Gasteiger partial charge < -0.3 is 10.2 Å². The van der Waals surface area contributed by atoms with E-state index in [4.69, 9.17) is 11.6 Å². The van der Waals surface area contributed by atoms with Crippen molar-refractivity contribution < 1.29 is 0 Å². The highest BCUT2D eigenvalue weighted by molar-refractivity contribution is 7.15. The Morgan fingerprint density at radius 1 is 1.45 bits per heavy atom.